The largest absolute Gasteiger partial charge is 0.305 e. The van der Waals surface area contributed by atoms with Crippen LogP contribution in [0.1, 0.15) is 36.3 Å². The van der Waals surface area contributed by atoms with Gasteiger partial charge in [0, 0.05) is 6.54 Å². The summed E-state index contributed by atoms with van der Waals surface area (Å²) in [4.78, 5) is 4.81. The van der Waals surface area contributed by atoms with Crippen molar-refractivity contribution in [2.24, 2.45) is 0 Å². The summed E-state index contributed by atoms with van der Waals surface area (Å²) < 4.78 is 0. The van der Waals surface area contributed by atoms with Crippen molar-refractivity contribution < 1.29 is 4.84 Å². The van der Waals surface area contributed by atoms with Gasteiger partial charge < -0.3 is 4.84 Å². The average Bonchev–Trinajstić information content (AvgIpc) is 2.14. The Morgan fingerprint density at radius 1 is 1.29 bits per heavy atom. The van der Waals surface area contributed by atoms with Crippen LogP contribution in [0.25, 0.3) is 0 Å². The van der Waals surface area contributed by atoms with Crippen LogP contribution in [0, 0.1) is 0 Å². The van der Waals surface area contributed by atoms with E-state index in [0.29, 0.717) is 0 Å². The van der Waals surface area contributed by atoms with E-state index in [2.05, 4.69) is 29.7 Å². The molecule has 1 saturated carbocycles. The minimum absolute atomic E-state index is 0.779. The van der Waals surface area contributed by atoms with Crippen LogP contribution in [0.2, 0.25) is 0 Å². The molecule has 76 valence electrons. The highest BCUT2D eigenvalue weighted by Crippen LogP contribution is 2.36. The minimum Gasteiger partial charge on any atom is -0.305 e. The molecule has 0 unspecified atom stereocenters. The molecule has 0 atom stereocenters. The Labute approximate surface area is 85.2 Å². The lowest BCUT2D eigenvalue weighted by atomic mass is 9.80. The van der Waals surface area contributed by atoms with E-state index in [0.717, 1.165) is 12.5 Å². The molecule has 0 aliphatic heterocycles. The van der Waals surface area contributed by atoms with E-state index >= 15 is 0 Å². The van der Waals surface area contributed by atoms with Crippen molar-refractivity contribution in [3.63, 3.8) is 0 Å². The molecule has 1 aliphatic carbocycles. The zero-order valence-electron chi connectivity index (χ0n) is 8.62. The Kier molecular flexibility index (Phi) is 3.17. The third-order valence-electron chi connectivity index (χ3n) is 2.98. The van der Waals surface area contributed by atoms with Gasteiger partial charge in [0.1, 0.15) is 0 Å². The summed E-state index contributed by atoms with van der Waals surface area (Å²) in [6, 6.07) is 8.85. The first-order chi connectivity index (χ1) is 6.90. The number of hydrogen-bond acceptors (Lipinski definition) is 2. The van der Waals surface area contributed by atoms with Gasteiger partial charge in [0.2, 0.25) is 0 Å². The SMILES string of the molecule is CONCc1ccc(C2CCC2)cc1. The van der Waals surface area contributed by atoms with Crippen LogP contribution in [-0.2, 0) is 11.4 Å². The summed E-state index contributed by atoms with van der Waals surface area (Å²) in [5.41, 5.74) is 5.61. The van der Waals surface area contributed by atoms with Gasteiger partial charge in [0.15, 0.2) is 0 Å². The van der Waals surface area contributed by atoms with Crippen molar-refractivity contribution in [3.05, 3.63) is 35.4 Å². The molecular formula is C12H17NO. The maximum absolute atomic E-state index is 4.81. The van der Waals surface area contributed by atoms with Crippen LogP contribution in [-0.4, -0.2) is 7.11 Å². The van der Waals surface area contributed by atoms with Gasteiger partial charge in [0.25, 0.3) is 0 Å². The lowest BCUT2D eigenvalue weighted by Crippen LogP contribution is -2.11. The fourth-order valence-corrected chi connectivity index (χ4v) is 1.80. The standard InChI is InChI=1S/C12H17NO/c1-14-13-9-10-5-7-12(8-6-10)11-3-2-4-11/h5-8,11,13H,2-4,9H2,1H3. The highest BCUT2D eigenvalue weighted by molar-refractivity contribution is 5.26. The van der Waals surface area contributed by atoms with Crippen molar-refractivity contribution in [2.45, 2.75) is 31.7 Å². The van der Waals surface area contributed by atoms with E-state index < -0.39 is 0 Å². The predicted octanol–water partition coefficient (Wildman–Crippen LogP) is 2.61. The highest BCUT2D eigenvalue weighted by Gasteiger charge is 2.18. The van der Waals surface area contributed by atoms with E-state index in [9.17, 15) is 0 Å². The molecule has 0 amide bonds. The first kappa shape index (κ1) is 9.69. The molecule has 0 radical (unpaired) electrons. The first-order valence-corrected chi connectivity index (χ1v) is 5.25. The van der Waals surface area contributed by atoms with Crippen molar-refractivity contribution in [1.29, 1.82) is 0 Å². The van der Waals surface area contributed by atoms with Crippen molar-refractivity contribution in [1.82, 2.24) is 5.48 Å². The van der Waals surface area contributed by atoms with Gasteiger partial charge in [-0.3, -0.25) is 0 Å². The second kappa shape index (κ2) is 4.58. The predicted molar refractivity (Wildman–Crippen MR) is 56.9 cm³/mol. The summed E-state index contributed by atoms with van der Waals surface area (Å²) >= 11 is 0. The van der Waals surface area contributed by atoms with Gasteiger partial charge in [-0.1, -0.05) is 30.7 Å². The van der Waals surface area contributed by atoms with E-state index in [4.69, 9.17) is 4.84 Å². The number of hydroxylamine groups is 1. The van der Waals surface area contributed by atoms with Gasteiger partial charge in [0.05, 0.1) is 7.11 Å². The van der Waals surface area contributed by atoms with Gasteiger partial charge in [-0.25, -0.2) is 0 Å². The monoisotopic (exact) mass is 191 g/mol. The summed E-state index contributed by atoms with van der Waals surface area (Å²) in [5.74, 6) is 0.833. The second-order valence-corrected chi connectivity index (χ2v) is 3.89. The van der Waals surface area contributed by atoms with Crippen molar-refractivity contribution in [2.75, 3.05) is 7.11 Å². The number of benzene rings is 1. The van der Waals surface area contributed by atoms with Crippen LogP contribution in [0.4, 0.5) is 0 Å². The van der Waals surface area contributed by atoms with Crippen molar-refractivity contribution >= 4 is 0 Å². The smallest absolute Gasteiger partial charge is 0.0572 e. The van der Waals surface area contributed by atoms with Crippen LogP contribution in [0.3, 0.4) is 0 Å². The molecule has 0 bridgehead atoms. The Bertz CT molecular complexity index is 277. The maximum Gasteiger partial charge on any atom is 0.0572 e. The number of rotatable bonds is 4. The van der Waals surface area contributed by atoms with Crippen molar-refractivity contribution in [3.8, 4) is 0 Å². The van der Waals surface area contributed by atoms with Crippen LogP contribution in [0.5, 0.6) is 0 Å². The van der Waals surface area contributed by atoms with Crippen LogP contribution >= 0.6 is 0 Å². The third kappa shape index (κ3) is 2.14. The molecule has 1 aromatic rings. The second-order valence-electron chi connectivity index (χ2n) is 3.89. The molecule has 1 aromatic carbocycles. The van der Waals surface area contributed by atoms with E-state index in [-0.39, 0.29) is 0 Å². The summed E-state index contributed by atoms with van der Waals surface area (Å²) in [7, 11) is 1.64. The van der Waals surface area contributed by atoms with Gasteiger partial charge >= 0.3 is 0 Å². The minimum atomic E-state index is 0.779. The molecule has 0 aromatic heterocycles. The molecule has 0 saturated heterocycles. The van der Waals surface area contributed by atoms with Gasteiger partial charge in [-0.15, -0.1) is 0 Å². The molecule has 1 N–H and O–H groups in total. The van der Waals surface area contributed by atoms with Gasteiger partial charge in [-0.2, -0.15) is 5.48 Å². The normalized spacial score (nSPS) is 16.6. The summed E-state index contributed by atoms with van der Waals surface area (Å²) in [6.45, 7) is 0.779. The molecule has 2 heteroatoms. The molecule has 2 rings (SSSR count). The Morgan fingerprint density at radius 2 is 2.00 bits per heavy atom. The van der Waals surface area contributed by atoms with Gasteiger partial charge in [-0.05, 0) is 29.9 Å². The topological polar surface area (TPSA) is 21.3 Å². The highest BCUT2D eigenvalue weighted by atomic mass is 16.6. The molecule has 2 nitrogen and oxygen atoms in total. The first-order valence-electron chi connectivity index (χ1n) is 5.25. The number of hydrogen-bond donors (Lipinski definition) is 1. The maximum atomic E-state index is 4.81. The van der Waals surface area contributed by atoms with Crippen LogP contribution in [0.15, 0.2) is 24.3 Å². The molecular weight excluding hydrogens is 174 g/mol. The third-order valence-corrected chi connectivity index (χ3v) is 2.98. The fraction of sp³-hybridized carbons (Fsp3) is 0.500. The average molecular weight is 191 g/mol. The van der Waals surface area contributed by atoms with E-state index in [1.807, 2.05) is 0 Å². The van der Waals surface area contributed by atoms with Crippen LogP contribution < -0.4 is 5.48 Å². The molecule has 1 fully saturated rings. The summed E-state index contributed by atoms with van der Waals surface area (Å²) in [5, 5.41) is 0. The Balaban J connectivity index is 1.95. The molecule has 14 heavy (non-hydrogen) atoms. The fourth-order valence-electron chi connectivity index (χ4n) is 1.80. The zero-order valence-corrected chi connectivity index (χ0v) is 8.62. The van der Waals surface area contributed by atoms with E-state index in [1.165, 1.54) is 30.4 Å². The number of nitrogens with one attached hydrogen (secondary N) is 1. The quantitative estimate of drug-likeness (QED) is 0.739. The lowest BCUT2D eigenvalue weighted by molar-refractivity contribution is 0.0867. The zero-order chi connectivity index (χ0) is 9.80. The Hall–Kier alpha value is -0.860. The molecule has 0 spiro atoms. The van der Waals surface area contributed by atoms with E-state index in [1.54, 1.807) is 7.11 Å². The molecule has 1 aliphatic rings. The molecule has 0 heterocycles. The Morgan fingerprint density at radius 3 is 2.50 bits per heavy atom. The summed E-state index contributed by atoms with van der Waals surface area (Å²) in [6.07, 6.45) is 4.14. The lowest BCUT2D eigenvalue weighted by Gasteiger charge is -2.25.